The Bertz CT molecular complexity index is 1570. The van der Waals surface area contributed by atoms with E-state index in [0.29, 0.717) is 17.5 Å². The summed E-state index contributed by atoms with van der Waals surface area (Å²) in [6.45, 7) is 3.09. The monoisotopic (exact) mass is 540 g/mol. The van der Waals surface area contributed by atoms with E-state index in [-0.39, 0.29) is 16.9 Å². The van der Waals surface area contributed by atoms with Crippen LogP contribution in [-0.2, 0) is 15.7 Å². The standard InChI is InChI=1S/C29H29ClN8O/c30-22-3-1-21(2-4-22)29(8-9-29)27(39)36-13-6-23(7-14-36)37-17-28(18-37,10-11-31)38-16-20(15-35-38)25-24-5-12-32-26(24)34-19-33-25/h1-5,12,15-16,19,23H,6-10,13-14,17-18H2,(H,32,33,34). The fraction of sp³-hybridized carbons (Fsp3) is 0.414. The molecule has 2 saturated heterocycles. The predicted molar refractivity (Wildman–Crippen MR) is 147 cm³/mol. The van der Waals surface area contributed by atoms with Crippen LogP contribution in [-0.4, -0.2) is 72.7 Å². The molecule has 9 nitrogen and oxygen atoms in total. The summed E-state index contributed by atoms with van der Waals surface area (Å²) in [6, 6.07) is 12.5. The zero-order valence-electron chi connectivity index (χ0n) is 21.6. The molecular weight excluding hydrogens is 512 g/mol. The van der Waals surface area contributed by atoms with Crippen LogP contribution in [0, 0.1) is 11.3 Å². The van der Waals surface area contributed by atoms with E-state index >= 15 is 0 Å². The van der Waals surface area contributed by atoms with Gasteiger partial charge in [-0.25, -0.2) is 9.97 Å². The van der Waals surface area contributed by atoms with Crippen molar-refractivity contribution in [1.29, 1.82) is 5.26 Å². The second kappa shape index (κ2) is 9.18. The summed E-state index contributed by atoms with van der Waals surface area (Å²) in [5.41, 5.74) is 2.92. The summed E-state index contributed by atoms with van der Waals surface area (Å²) in [7, 11) is 0. The smallest absolute Gasteiger partial charge is 0.233 e. The molecule has 3 aromatic heterocycles. The van der Waals surface area contributed by atoms with E-state index in [9.17, 15) is 10.1 Å². The molecular formula is C29H29ClN8O. The maximum Gasteiger partial charge on any atom is 0.233 e. The van der Waals surface area contributed by atoms with Crippen LogP contribution >= 0.6 is 11.6 Å². The van der Waals surface area contributed by atoms with Crippen LogP contribution in [0.15, 0.2) is 55.2 Å². The van der Waals surface area contributed by atoms with E-state index in [1.807, 2.05) is 53.6 Å². The third-order valence-electron chi connectivity index (χ3n) is 8.92. The second-order valence-corrected chi connectivity index (χ2v) is 11.6. The molecule has 5 heterocycles. The van der Waals surface area contributed by atoms with Gasteiger partial charge in [-0.1, -0.05) is 23.7 Å². The lowest BCUT2D eigenvalue weighted by Gasteiger charge is -2.53. The first-order chi connectivity index (χ1) is 19.0. The summed E-state index contributed by atoms with van der Waals surface area (Å²) in [6.07, 6.45) is 11.4. The maximum absolute atomic E-state index is 13.5. The molecule has 39 heavy (non-hydrogen) atoms. The lowest BCUT2D eigenvalue weighted by atomic mass is 9.83. The van der Waals surface area contributed by atoms with Gasteiger partial charge in [-0.05, 0) is 49.4 Å². The highest BCUT2D eigenvalue weighted by Crippen LogP contribution is 2.50. The third kappa shape index (κ3) is 4.01. The topological polar surface area (TPSA) is 107 Å². The molecule has 7 rings (SSSR count). The molecule has 1 saturated carbocycles. The summed E-state index contributed by atoms with van der Waals surface area (Å²) in [5, 5.41) is 16.0. The maximum atomic E-state index is 13.5. The number of hydrogen-bond donors (Lipinski definition) is 1. The molecule has 0 radical (unpaired) electrons. The average molecular weight is 541 g/mol. The molecule has 2 aliphatic heterocycles. The van der Waals surface area contributed by atoms with Crippen molar-refractivity contribution < 1.29 is 4.79 Å². The third-order valence-corrected chi connectivity index (χ3v) is 9.18. The molecule has 4 aromatic rings. The Labute approximate surface area is 231 Å². The largest absolute Gasteiger partial charge is 0.346 e. The number of aromatic amines is 1. The van der Waals surface area contributed by atoms with Crippen LogP contribution in [0.1, 0.15) is 37.7 Å². The zero-order chi connectivity index (χ0) is 26.6. The summed E-state index contributed by atoms with van der Waals surface area (Å²) >= 11 is 6.07. The van der Waals surface area contributed by atoms with E-state index < -0.39 is 0 Å². The summed E-state index contributed by atoms with van der Waals surface area (Å²) < 4.78 is 1.96. The normalized spacial score (nSPS) is 20.5. The van der Waals surface area contributed by atoms with Gasteiger partial charge in [0, 0.05) is 60.6 Å². The molecule has 0 unspecified atom stereocenters. The Kier molecular flexibility index (Phi) is 5.72. The first-order valence-corrected chi connectivity index (χ1v) is 13.9. The Morgan fingerprint density at radius 3 is 2.62 bits per heavy atom. The molecule has 1 aliphatic carbocycles. The van der Waals surface area contributed by atoms with Crippen LogP contribution < -0.4 is 0 Å². The van der Waals surface area contributed by atoms with Crippen LogP contribution in [0.5, 0.6) is 0 Å². The van der Waals surface area contributed by atoms with Crippen molar-refractivity contribution in [2.45, 2.75) is 49.1 Å². The first-order valence-electron chi connectivity index (χ1n) is 13.5. The van der Waals surface area contributed by atoms with E-state index in [4.69, 9.17) is 11.6 Å². The van der Waals surface area contributed by atoms with Crippen molar-refractivity contribution in [1.82, 2.24) is 34.5 Å². The number of piperidine rings is 1. The minimum atomic E-state index is -0.358. The number of likely N-dealkylation sites (tertiary alicyclic amines) is 2. The molecule has 198 valence electrons. The van der Waals surface area contributed by atoms with Crippen molar-refractivity contribution in [3.8, 4) is 17.3 Å². The quantitative estimate of drug-likeness (QED) is 0.394. The van der Waals surface area contributed by atoms with Crippen molar-refractivity contribution in [2.24, 2.45) is 0 Å². The Balaban J connectivity index is 1.01. The minimum Gasteiger partial charge on any atom is -0.346 e. The van der Waals surface area contributed by atoms with E-state index in [0.717, 1.165) is 79.7 Å². The average Bonchev–Trinajstić information content (AvgIpc) is 3.35. The van der Waals surface area contributed by atoms with Gasteiger partial charge in [0.1, 0.15) is 17.5 Å². The number of nitriles is 1. The second-order valence-electron chi connectivity index (χ2n) is 11.2. The molecule has 1 N–H and O–H groups in total. The highest BCUT2D eigenvalue weighted by Gasteiger charge is 2.54. The van der Waals surface area contributed by atoms with Gasteiger partial charge in [0.15, 0.2) is 0 Å². The van der Waals surface area contributed by atoms with Gasteiger partial charge in [0.25, 0.3) is 0 Å². The van der Waals surface area contributed by atoms with Gasteiger partial charge in [0.05, 0.1) is 29.8 Å². The Morgan fingerprint density at radius 2 is 1.90 bits per heavy atom. The lowest BCUT2D eigenvalue weighted by Crippen LogP contribution is -2.66. The number of hydrogen-bond acceptors (Lipinski definition) is 6. The van der Waals surface area contributed by atoms with E-state index in [1.165, 1.54) is 0 Å². The van der Waals surface area contributed by atoms with Gasteiger partial charge in [-0.2, -0.15) is 10.4 Å². The number of carbonyl (C=O) groups excluding carboxylic acids is 1. The number of fused-ring (bicyclic) bond motifs is 1. The molecule has 10 heteroatoms. The molecule has 1 amide bonds. The molecule has 3 fully saturated rings. The van der Waals surface area contributed by atoms with Crippen LogP contribution in [0.2, 0.25) is 5.02 Å². The van der Waals surface area contributed by atoms with Crippen LogP contribution in [0.3, 0.4) is 0 Å². The number of nitrogens with zero attached hydrogens (tertiary/aromatic N) is 7. The number of benzene rings is 1. The lowest BCUT2D eigenvalue weighted by molar-refractivity contribution is -0.136. The van der Waals surface area contributed by atoms with Crippen molar-refractivity contribution in [2.75, 3.05) is 26.2 Å². The molecule has 0 spiro atoms. The highest BCUT2D eigenvalue weighted by molar-refractivity contribution is 6.30. The number of amides is 1. The van der Waals surface area contributed by atoms with Gasteiger partial charge in [-0.3, -0.25) is 14.4 Å². The molecule has 0 bridgehead atoms. The van der Waals surface area contributed by atoms with Crippen LogP contribution in [0.25, 0.3) is 22.3 Å². The fourth-order valence-electron chi connectivity index (χ4n) is 6.52. The number of carbonyl (C=O) groups is 1. The zero-order valence-corrected chi connectivity index (χ0v) is 22.3. The highest BCUT2D eigenvalue weighted by atomic mass is 35.5. The van der Waals surface area contributed by atoms with E-state index in [1.54, 1.807) is 6.33 Å². The van der Waals surface area contributed by atoms with Crippen molar-refractivity contribution >= 4 is 28.5 Å². The molecule has 1 aromatic carbocycles. The number of H-pyrrole nitrogens is 1. The number of aromatic nitrogens is 5. The number of rotatable bonds is 6. The number of nitrogens with one attached hydrogen (secondary N) is 1. The minimum absolute atomic E-state index is 0.260. The summed E-state index contributed by atoms with van der Waals surface area (Å²) in [4.78, 5) is 29.9. The SMILES string of the molecule is N#CCC1(n2cc(-c3ncnc4[nH]ccc34)cn2)CN(C2CCN(C(=O)C3(c4ccc(Cl)cc4)CC3)CC2)C1. The predicted octanol–water partition coefficient (Wildman–Crippen LogP) is 4.12. The van der Waals surface area contributed by atoms with Gasteiger partial charge in [-0.15, -0.1) is 0 Å². The fourth-order valence-corrected chi connectivity index (χ4v) is 6.64. The van der Waals surface area contributed by atoms with E-state index in [2.05, 4.69) is 35.9 Å². The molecule has 3 aliphatic rings. The van der Waals surface area contributed by atoms with Gasteiger partial charge < -0.3 is 9.88 Å². The first kappa shape index (κ1) is 24.3. The van der Waals surface area contributed by atoms with Gasteiger partial charge in [0.2, 0.25) is 5.91 Å². The Hall–Kier alpha value is -3.74. The van der Waals surface area contributed by atoms with Crippen molar-refractivity contribution in [3.05, 3.63) is 65.8 Å². The van der Waals surface area contributed by atoms with Gasteiger partial charge >= 0.3 is 0 Å². The number of halogens is 1. The molecule has 0 atom stereocenters. The Morgan fingerprint density at radius 1 is 1.13 bits per heavy atom. The van der Waals surface area contributed by atoms with Crippen LogP contribution in [0.4, 0.5) is 0 Å². The summed E-state index contributed by atoms with van der Waals surface area (Å²) in [5.74, 6) is 0.260. The van der Waals surface area contributed by atoms with Crippen molar-refractivity contribution in [3.63, 3.8) is 0 Å².